The van der Waals surface area contributed by atoms with Gasteiger partial charge in [-0.2, -0.15) is 0 Å². The largest absolute Gasteiger partial charge is 0.321 e. The van der Waals surface area contributed by atoms with Gasteiger partial charge in [0.05, 0.1) is 10.4 Å². The van der Waals surface area contributed by atoms with Gasteiger partial charge in [0.15, 0.2) is 0 Å². The molecular formula is C12H12N2O3. The first-order valence-electron chi connectivity index (χ1n) is 5.42. The molecule has 0 aliphatic heterocycles. The van der Waals surface area contributed by atoms with E-state index in [1.165, 1.54) is 12.1 Å². The molecule has 2 rings (SSSR count). The van der Waals surface area contributed by atoms with Crippen molar-refractivity contribution < 1.29 is 4.92 Å². The number of aromatic amines is 1. The standard InChI is InChI=1S/C12H12N2O3/c1-2-3-9-6-8-4-5-10(14(16)17)7-11(8)13-12(9)15/h4-7H,2-3H2,1H3,(H,13,15). The maximum atomic E-state index is 11.7. The molecule has 0 spiro atoms. The Labute approximate surface area is 97.2 Å². The molecule has 0 unspecified atom stereocenters. The van der Waals surface area contributed by atoms with Crippen molar-refractivity contribution in [2.24, 2.45) is 0 Å². The monoisotopic (exact) mass is 232 g/mol. The Morgan fingerprint density at radius 2 is 2.12 bits per heavy atom. The van der Waals surface area contributed by atoms with Crippen LogP contribution in [0, 0.1) is 10.1 Å². The second-order valence-corrected chi connectivity index (χ2v) is 3.90. The number of aryl methyl sites for hydroxylation is 1. The van der Waals surface area contributed by atoms with Crippen LogP contribution in [0.2, 0.25) is 0 Å². The summed E-state index contributed by atoms with van der Waals surface area (Å²) in [5.74, 6) is 0. The third-order valence-electron chi connectivity index (χ3n) is 2.64. The number of nitro groups is 1. The van der Waals surface area contributed by atoms with Gasteiger partial charge in [-0.25, -0.2) is 0 Å². The van der Waals surface area contributed by atoms with Crippen molar-refractivity contribution in [1.29, 1.82) is 0 Å². The van der Waals surface area contributed by atoms with Gasteiger partial charge >= 0.3 is 0 Å². The Bertz CT molecular complexity index is 631. The highest BCUT2D eigenvalue weighted by Crippen LogP contribution is 2.18. The van der Waals surface area contributed by atoms with Crippen LogP contribution < -0.4 is 5.56 Å². The van der Waals surface area contributed by atoms with Crippen molar-refractivity contribution in [3.05, 3.63) is 50.3 Å². The molecular weight excluding hydrogens is 220 g/mol. The molecule has 0 fully saturated rings. The summed E-state index contributed by atoms with van der Waals surface area (Å²) in [6.45, 7) is 2.00. The van der Waals surface area contributed by atoms with Crippen molar-refractivity contribution in [1.82, 2.24) is 4.98 Å². The van der Waals surface area contributed by atoms with Gasteiger partial charge in [0, 0.05) is 17.7 Å². The number of nitrogens with one attached hydrogen (secondary N) is 1. The Balaban J connectivity index is 2.62. The van der Waals surface area contributed by atoms with Gasteiger partial charge in [-0.1, -0.05) is 13.3 Å². The number of fused-ring (bicyclic) bond motifs is 1. The lowest BCUT2D eigenvalue weighted by Gasteiger charge is -2.01. The second-order valence-electron chi connectivity index (χ2n) is 3.90. The van der Waals surface area contributed by atoms with Crippen molar-refractivity contribution >= 4 is 16.6 Å². The Morgan fingerprint density at radius 3 is 2.76 bits per heavy atom. The topological polar surface area (TPSA) is 76.0 Å². The first-order chi connectivity index (χ1) is 8.11. The van der Waals surface area contributed by atoms with E-state index < -0.39 is 4.92 Å². The fraction of sp³-hybridized carbons (Fsp3) is 0.250. The highest BCUT2D eigenvalue weighted by atomic mass is 16.6. The molecule has 1 aromatic carbocycles. The highest BCUT2D eigenvalue weighted by molar-refractivity contribution is 5.81. The van der Waals surface area contributed by atoms with E-state index in [-0.39, 0.29) is 11.2 Å². The second kappa shape index (κ2) is 4.37. The minimum Gasteiger partial charge on any atom is -0.321 e. The van der Waals surface area contributed by atoms with E-state index in [4.69, 9.17) is 0 Å². The minimum absolute atomic E-state index is 0.0172. The first kappa shape index (κ1) is 11.3. The maximum Gasteiger partial charge on any atom is 0.271 e. The summed E-state index contributed by atoms with van der Waals surface area (Å²) in [5, 5.41) is 11.4. The summed E-state index contributed by atoms with van der Waals surface area (Å²) in [5.41, 5.74) is 1.04. The van der Waals surface area contributed by atoms with Crippen molar-refractivity contribution in [2.75, 3.05) is 0 Å². The molecule has 0 aliphatic rings. The van der Waals surface area contributed by atoms with Crippen molar-refractivity contribution in [3.8, 4) is 0 Å². The summed E-state index contributed by atoms with van der Waals surface area (Å²) in [6, 6.07) is 6.27. The van der Waals surface area contributed by atoms with E-state index in [1.54, 1.807) is 12.1 Å². The molecule has 5 nitrogen and oxygen atoms in total. The van der Waals surface area contributed by atoms with E-state index in [2.05, 4.69) is 4.98 Å². The predicted octanol–water partition coefficient (Wildman–Crippen LogP) is 2.39. The molecule has 0 aliphatic carbocycles. The molecule has 0 radical (unpaired) electrons. The van der Waals surface area contributed by atoms with Crippen LogP contribution in [0.5, 0.6) is 0 Å². The van der Waals surface area contributed by atoms with Gasteiger partial charge in [-0.3, -0.25) is 14.9 Å². The summed E-state index contributed by atoms with van der Waals surface area (Å²) >= 11 is 0. The van der Waals surface area contributed by atoms with Gasteiger partial charge < -0.3 is 4.98 Å². The molecule has 17 heavy (non-hydrogen) atoms. The molecule has 1 N–H and O–H groups in total. The third kappa shape index (κ3) is 2.18. The zero-order valence-corrected chi connectivity index (χ0v) is 9.40. The number of non-ortho nitro benzene ring substituents is 1. The molecule has 5 heteroatoms. The van der Waals surface area contributed by atoms with Crippen molar-refractivity contribution in [2.45, 2.75) is 19.8 Å². The van der Waals surface area contributed by atoms with Crippen LogP contribution in [0.25, 0.3) is 10.9 Å². The summed E-state index contributed by atoms with van der Waals surface area (Å²) < 4.78 is 0. The Kier molecular flexibility index (Phi) is 2.91. The van der Waals surface area contributed by atoms with E-state index in [1.807, 2.05) is 6.92 Å². The number of aromatic nitrogens is 1. The van der Waals surface area contributed by atoms with Crippen LogP contribution in [0.1, 0.15) is 18.9 Å². The minimum atomic E-state index is -0.474. The lowest BCUT2D eigenvalue weighted by atomic mass is 10.1. The van der Waals surface area contributed by atoms with Crippen LogP contribution in [0.4, 0.5) is 5.69 Å². The molecule has 0 saturated carbocycles. The van der Waals surface area contributed by atoms with Crippen molar-refractivity contribution in [3.63, 3.8) is 0 Å². The molecule has 0 bridgehead atoms. The lowest BCUT2D eigenvalue weighted by Crippen LogP contribution is -2.11. The number of pyridine rings is 1. The number of nitrogens with zero attached hydrogens (tertiary/aromatic N) is 1. The normalized spacial score (nSPS) is 10.6. The fourth-order valence-corrected chi connectivity index (χ4v) is 1.80. The van der Waals surface area contributed by atoms with Gasteiger partial charge in [-0.05, 0) is 23.9 Å². The molecule has 88 valence electrons. The summed E-state index contributed by atoms with van der Waals surface area (Å²) in [4.78, 5) is 24.5. The number of hydrogen-bond donors (Lipinski definition) is 1. The Morgan fingerprint density at radius 1 is 1.35 bits per heavy atom. The average molecular weight is 232 g/mol. The average Bonchev–Trinajstić information content (AvgIpc) is 2.29. The number of H-pyrrole nitrogens is 1. The van der Waals surface area contributed by atoms with Crippen LogP contribution in [-0.4, -0.2) is 9.91 Å². The van der Waals surface area contributed by atoms with Crippen LogP contribution in [0.3, 0.4) is 0 Å². The highest BCUT2D eigenvalue weighted by Gasteiger charge is 2.08. The summed E-state index contributed by atoms with van der Waals surface area (Å²) in [7, 11) is 0. The molecule has 1 aromatic heterocycles. The third-order valence-corrected chi connectivity index (χ3v) is 2.64. The summed E-state index contributed by atoms with van der Waals surface area (Å²) in [6.07, 6.45) is 1.60. The quantitative estimate of drug-likeness (QED) is 0.652. The number of hydrogen-bond acceptors (Lipinski definition) is 3. The predicted molar refractivity (Wildman–Crippen MR) is 65.2 cm³/mol. The number of nitro benzene ring substituents is 1. The maximum absolute atomic E-state index is 11.7. The van der Waals surface area contributed by atoms with Crippen LogP contribution in [0.15, 0.2) is 29.1 Å². The molecule has 0 saturated heterocycles. The zero-order valence-electron chi connectivity index (χ0n) is 9.40. The first-order valence-corrected chi connectivity index (χ1v) is 5.42. The Hall–Kier alpha value is -2.17. The van der Waals surface area contributed by atoms with Gasteiger partial charge in [-0.15, -0.1) is 0 Å². The number of rotatable bonds is 3. The van der Waals surface area contributed by atoms with E-state index in [9.17, 15) is 14.9 Å². The molecule has 0 atom stereocenters. The van der Waals surface area contributed by atoms with Crippen LogP contribution >= 0.6 is 0 Å². The number of benzene rings is 1. The van der Waals surface area contributed by atoms with E-state index >= 15 is 0 Å². The van der Waals surface area contributed by atoms with Gasteiger partial charge in [0.2, 0.25) is 0 Å². The SMILES string of the molecule is CCCc1cc2ccc([N+](=O)[O-])cc2[nH]c1=O. The smallest absolute Gasteiger partial charge is 0.271 e. The zero-order chi connectivity index (χ0) is 12.4. The fourth-order valence-electron chi connectivity index (χ4n) is 1.80. The lowest BCUT2D eigenvalue weighted by molar-refractivity contribution is -0.384. The molecule has 2 aromatic rings. The van der Waals surface area contributed by atoms with E-state index in [0.29, 0.717) is 17.5 Å². The van der Waals surface area contributed by atoms with Gasteiger partial charge in [0.25, 0.3) is 11.2 Å². The van der Waals surface area contributed by atoms with E-state index in [0.717, 1.165) is 11.8 Å². The van der Waals surface area contributed by atoms with Crippen LogP contribution in [-0.2, 0) is 6.42 Å². The van der Waals surface area contributed by atoms with Gasteiger partial charge in [0.1, 0.15) is 0 Å². The molecule has 0 amide bonds. The molecule has 1 heterocycles.